The number of Topliss-reactive ketones (excluding diaryl/α,β-unsaturated/α-hetero) is 1. The third-order valence-electron chi connectivity index (χ3n) is 1.93. The second-order valence-corrected chi connectivity index (χ2v) is 2.85. The van der Waals surface area contributed by atoms with E-state index in [2.05, 4.69) is 4.74 Å². The van der Waals surface area contributed by atoms with Crippen LogP contribution in [0, 0.1) is 11.3 Å². The Balaban J connectivity index is 3.19. The molecule has 0 heterocycles. The van der Waals surface area contributed by atoms with Gasteiger partial charge in [-0.05, 0) is 18.2 Å². The van der Waals surface area contributed by atoms with Crippen molar-refractivity contribution in [3.63, 3.8) is 0 Å². The van der Waals surface area contributed by atoms with Crippen LogP contribution in [-0.2, 0) is 9.53 Å². The molecule has 0 radical (unpaired) electrons. The van der Waals surface area contributed by atoms with Crippen molar-refractivity contribution in [1.29, 1.82) is 5.26 Å². The Morgan fingerprint density at radius 1 is 1.44 bits per heavy atom. The summed E-state index contributed by atoms with van der Waals surface area (Å²) in [7, 11) is 1.09. The zero-order valence-corrected chi connectivity index (χ0v) is 8.39. The average Bonchev–Trinajstić information content (AvgIpc) is 2.35. The molecule has 5 heteroatoms. The van der Waals surface area contributed by atoms with Gasteiger partial charge in [-0.2, -0.15) is 5.26 Å². The summed E-state index contributed by atoms with van der Waals surface area (Å²) < 4.78 is 4.26. The number of carbonyl (C=O) groups is 3. The molecule has 0 atom stereocenters. The molecule has 0 spiro atoms. The Labute approximate surface area is 91.2 Å². The predicted molar refractivity (Wildman–Crippen MR) is 52.9 cm³/mol. The van der Waals surface area contributed by atoms with Gasteiger partial charge in [0.25, 0.3) is 5.78 Å². The Hall–Kier alpha value is -2.48. The van der Waals surface area contributed by atoms with E-state index in [9.17, 15) is 14.4 Å². The summed E-state index contributed by atoms with van der Waals surface area (Å²) >= 11 is 0. The van der Waals surface area contributed by atoms with Crippen molar-refractivity contribution < 1.29 is 19.1 Å². The monoisotopic (exact) mass is 217 g/mol. The maximum Gasteiger partial charge on any atom is 0.379 e. The van der Waals surface area contributed by atoms with Gasteiger partial charge < -0.3 is 4.74 Å². The molecule has 0 amide bonds. The minimum Gasteiger partial charge on any atom is -0.463 e. The van der Waals surface area contributed by atoms with E-state index in [4.69, 9.17) is 5.26 Å². The maximum absolute atomic E-state index is 11.4. The Morgan fingerprint density at radius 3 is 2.62 bits per heavy atom. The number of nitriles is 1. The molecule has 5 nitrogen and oxygen atoms in total. The van der Waals surface area contributed by atoms with E-state index in [1.807, 2.05) is 0 Å². The number of rotatable bonds is 3. The van der Waals surface area contributed by atoms with Crippen molar-refractivity contribution in [2.75, 3.05) is 7.11 Å². The van der Waals surface area contributed by atoms with Gasteiger partial charge in [0.15, 0.2) is 6.29 Å². The molecule has 1 rings (SSSR count). The number of hydrogen-bond acceptors (Lipinski definition) is 5. The highest BCUT2D eigenvalue weighted by Crippen LogP contribution is 2.10. The number of ether oxygens (including phenoxy) is 1. The van der Waals surface area contributed by atoms with E-state index >= 15 is 0 Å². The van der Waals surface area contributed by atoms with Gasteiger partial charge in [0.05, 0.1) is 18.7 Å². The van der Waals surface area contributed by atoms with Crippen molar-refractivity contribution in [3.05, 3.63) is 34.9 Å². The van der Waals surface area contributed by atoms with Gasteiger partial charge in [-0.1, -0.05) is 0 Å². The van der Waals surface area contributed by atoms with Crippen LogP contribution in [0.1, 0.15) is 26.3 Å². The molecule has 0 aliphatic heterocycles. The van der Waals surface area contributed by atoms with Crippen LogP contribution in [0.3, 0.4) is 0 Å². The van der Waals surface area contributed by atoms with Crippen LogP contribution in [0.5, 0.6) is 0 Å². The fourth-order valence-corrected chi connectivity index (χ4v) is 1.11. The predicted octanol–water partition coefficient (Wildman–Crippen LogP) is 0.726. The van der Waals surface area contributed by atoms with Crippen molar-refractivity contribution in [2.24, 2.45) is 0 Å². The van der Waals surface area contributed by atoms with Gasteiger partial charge in [-0.15, -0.1) is 0 Å². The molecule has 0 saturated heterocycles. The molecular formula is C11H7NO4. The van der Waals surface area contributed by atoms with Crippen LogP contribution < -0.4 is 0 Å². The number of carbonyl (C=O) groups excluding carboxylic acids is 3. The summed E-state index contributed by atoms with van der Waals surface area (Å²) in [5, 5.41) is 8.72. The molecule has 16 heavy (non-hydrogen) atoms. The summed E-state index contributed by atoms with van der Waals surface area (Å²) in [6.07, 6.45) is 0.505. The molecule has 0 aliphatic carbocycles. The summed E-state index contributed by atoms with van der Waals surface area (Å²) in [6, 6.07) is 5.55. The van der Waals surface area contributed by atoms with Crippen LogP contribution in [0.4, 0.5) is 0 Å². The van der Waals surface area contributed by atoms with Crippen molar-refractivity contribution >= 4 is 18.0 Å². The molecule has 1 aromatic carbocycles. The smallest absolute Gasteiger partial charge is 0.379 e. The molecule has 0 aromatic heterocycles. The lowest BCUT2D eigenvalue weighted by Gasteiger charge is -2.00. The summed E-state index contributed by atoms with van der Waals surface area (Å²) in [4.78, 5) is 32.8. The zero-order valence-electron chi connectivity index (χ0n) is 8.39. The number of hydrogen-bond donors (Lipinski definition) is 0. The summed E-state index contributed by atoms with van der Waals surface area (Å²) in [6.45, 7) is 0. The van der Waals surface area contributed by atoms with Crippen LogP contribution in [0.25, 0.3) is 0 Å². The number of benzene rings is 1. The number of nitrogens with zero attached hydrogens (tertiary/aromatic N) is 1. The molecular weight excluding hydrogens is 210 g/mol. The highest BCUT2D eigenvalue weighted by atomic mass is 16.5. The maximum atomic E-state index is 11.4. The lowest BCUT2D eigenvalue weighted by atomic mass is 10.0. The Bertz CT molecular complexity index is 499. The van der Waals surface area contributed by atoms with E-state index in [1.165, 1.54) is 18.2 Å². The normalized spacial score (nSPS) is 9.00. The SMILES string of the molecule is COC(=O)C(=O)c1ccc(C=O)c(C#N)c1. The van der Waals surface area contributed by atoms with Crippen LogP contribution in [0.2, 0.25) is 0 Å². The molecule has 0 N–H and O–H groups in total. The topological polar surface area (TPSA) is 84.2 Å². The summed E-state index contributed by atoms with van der Waals surface area (Å²) in [5.41, 5.74) is 0.239. The fourth-order valence-electron chi connectivity index (χ4n) is 1.11. The van der Waals surface area contributed by atoms with Gasteiger partial charge in [-0.25, -0.2) is 4.79 Å². The molecule has 0 unspecified atom stereocenters. The molecule has 0 fully saturated rings. The quantitative estimate of drug-likeness (QED) is 0.322. The molecule has 0 saturated carbocycles. The summed E-state index contributed by atoms with van der Waals surface area (Å²) in [5.74, 6) is -1.86. The van der Waals surface area contributed by atoms with E-state index in [-0.39, 0.29) is 16.7 Å². The first-order chi connectivity index (χ1) is 7.63. The lowest BCUT2D eigenvalue weighted by Crippen LogP contribution is -2.15. The van der Waals surface area contributed by atoms with Crippen LogP contribution >= 0.6 is 0 Å². The minimum absolute atomic E-state index is 0.0222. The number of aldehydes is 1. The molecule has 1 aromatic rings. The largest absolute Gasteiger partial charge is 0.463 e. The second kappa shape index (κ2) is 4.84. The zero-order chi connectivity index (χ0) is 12.1. The standard InChI is InChI=1S/C11H7NO4/c1-16-11(15)10(14)7-2-3-8(6-13)9(4-7)5-12/h2-4,6H,1H3. The van der Waals surface area contributed by atoms with Gasteiger partial charge in [0.2, 0.25) is 0 Å². The highest BCUT2D eigenvalue weighted by molar-refractivity contribution is 6.40. The molecule has 0 bridgehead atoms. The number of methoxy groups -OCH3 is 1. The first-order valence-electron chi connectivity index (χ1n) is 4.26. The van der Waals surface area contributed by atoms with Gasteiger partial charge in [0.1, 0.15) is 0 Å². The lowest BCUT2D eigenvalue weighted by molar-refractivity contribution is -0.135. The van der Waals surface area contributed by atoms with E-state index in [1.54, 1.807) is 6.07 Å². The van der Waals surface area contributed by atoms with Crippen molar-refractivity contribution in [3.8, 4) is 6.07 Å². The van der Waals surface area contributed by atoms with Crippen LogP contribution in [0.15, 0.2) is 18.2 Å². The Kier molecular flexibility index (Phi) is 3.51. The number of esters is 1. The molecule has 0 aliphatic rings. The first-order valence-corrected chi connectivity index (χ1v) is 4.26. The highest BCUT2D eigenvalue weighted by Gasteiger charge is 2.17. The van der Waals surface area contributed by atoms with Gasteiger partial charge in [-0.3, -0.25) is 9.59 Å². The second-order valence-electron chi connectivity index (χ2n) is 2.85. The van der Waals surface area contributed by atoms with Crippen molar-refractivity contribution in [2.45, 2.75) is 0 Å². The van der Waals surface area contributed by atoms with E-state index in [0.717, 1.165) is 7.11 Å². The average molecular weight is 217 g/mol. The van der Waals surface area contributed by atoms with E-state index in [0.29, 0.717) is 6.29 Å². The fraction of sp³-hybridized carbons (Fsp3) is 0.0909. The third kappa shape index (κ3) is 2.12. The minimum atomic E-state index is -1.01. The van der Waals surface area contributed by atoms with Gasteiger partial charge in [0, 0.05) is 11.1 Å². The third-order valence-corrected chi connectivity index (χ3v) is 1.93. The number of ketones is 1. The van der Waals surface area contributed by atoms with E-state index < -0.39 is 11.8 Å². The Morgan fingerprint density at radius 2 is 2.12 bits per heavy atom. The first kappa shape index (κ1) is 11.6. The van der Waals surface area contributed by atoms with Gasteiger partial charge >= 0.3 is 5.97 Å². The van der Waals surface area contributed by atoms with Crippen LogP contribution in [-0.4, -0.2) is 25.1 Å². The molecule has 80 valence electrons. The van der Waals surface area contributed by atoms with Crippen molar-refractivity contribution in [1.82, 2.24) is 0 Å².